The van der Waals surface area contributed by atoms with Crippen LogP contribution in [0.1, 0.15) is 5.56 Å². The maximum absolute atomic E-state index is 5.83. The fourth-order valence-corrected chi connectivity index (χ4v) is 1.25. The lowest BCUT2D eigenvalue weighted by atomic mass is 10.2. The van der Waals surface area contributed by atoms with Gasteiger partial charge in [-0.25, -0.2) is 5.43 Å². The summed E-state index contributed by atoms with van der Waals surface area (Å²) in [5.74, 6) is 5.09. The van der Waals surface area contributed by atoms with Gasteiger partial charge in [-0.1, -0.05) is 29.3 Å². The number of hydrazine groups is 1. The highest BCUT2D eigenvalue weighted by atomic mass is 35.5. The van der Waals surface area contributed by atoms with Crippen molar-refractivity contribution in [1.29, 1.82) is 0 Å². The van der Waals surface area contributed by atoms with Gasteiger partial charge in [0.05, 0.1) is 16.7 Å². The van der Waals surface area contributed by atoms with E-state index in [2.05, 4.69) is 10.7 Å². The average Bonchev–Trinajstić information content (AvgIpc) is 2.12. The van der Waals surface area contributed by atoms with Crippen molar-refractivity contribution in [2.75, 3.05) is 6.67 Å². The van der Waals surface area contributed by atoms with Gasteiger partial charge in [0.25, 0.3) is 0 Å². The highest BCUT2D eigenvalue weighted by Crippen LogP contribution is 2.22. The summed E-state index contributed by atoms with van der Waals surface area (Å²) in [4.78, 5) is 0. The molecule has 0 heterocycles. The molecule has 5 heteroatoms. The molecule has 72 valence electrons. The molecule has 0 aliphatic carbocycles. The lowest BCUT2D eigenvalue weighted by Gasteiger charge is -2.04. The molecule has 0 saturated heterocycles. The van der Waals surface area contributed by atoms with Gasteiger partial charge in [0.2, 0.25) is 0 Å². The second-order valence-electron chi connectivity index (χ2n) is 2.56. The number of rotatable bonds is 4. The van der Waals surface area contributed by atoms with Gasteiger partial charge in [-0.3, -0.25) is 11.2 Å². The van der Waals surface area contributed by atoms with Crippen molar-refractivity contribution in [1.82, 2.24) is 10.7 Å². The van der Waals surface area contributed by atoms with Gasteiger partial charge in [-0.15, -0.1) is 0 Å². The zero-order chi connectivity index (χ0) is 9.68. The fourth-order valence-electron chi connectivity index (χ4n) is 0.929. The minimum absolute atomic E-state index is 0.556. The molecular formula is C8H11Cl2N3. The number of halogens is 2. The van der Waals surface area contributed by atoms with E-state index in [9.17, 15) is 0 Å². The highest BCUT2D eigenvalue weighted by molar-refractivity contribution is 6.41. The molecule has 0 unspecified atom stereocenters. The second-order valence-corrected chi connectivity index (χ2v) is 3.37. The van der Waals surface area contributed by atoms with Gasteiger partial charge >= 0.3 is 0 Å². The molecular weight excluding hydrogens is 209 g/mol. The van der Waals surface area contributed by atoms with Gasteiger partial charge in [-0.05, 0) is 17.7 Å². The first-order chi connectivity index (χ1) is 6.24. The summed E-state index contributed by atoms with van der Waals surface area (Å²) in [6.07, 6.45) is 0. The van der Waals surface area contributed by atoms with E-state index in [0.29, 0.717) is 23.3 Å². The van der Waals surface area contributed by atoms with Crippen LogP contribution in [0.3, 0.4) is 0 Å². The number of hydrogen-bond donors (Lipinski definition) is 3. The van der Waals surface area contributed by atoms with E-state index >= 15 is 0 Å². The Hall–Kier alpha value is -0.320. The van der Waals surface area contributed by atoms with Crippen LogP contribution >= 0.6 is 23.2 Å². The van der Waals surface area contributed by atoms with Crippen molar-refractivity contribution in [2.24, 2.45) is 5.84 Å². The van der Waals surface area contributed by atoms with Crippen molar-refractivity contribution in [3.05, 3.63) is 33.8 Å². The zero-order valence-electron chi connectivity index (χ0n) is 6.98. The van der Waals surface area contributed by atoms with Crippen LogP contribution in [0.4, 0.5) is 0 Å². The maximum Gasteiger partial charge on any atom is 0.0595 e. The zero-order valence-corrected chi connectivity index (χ0v) is 8.49. The van der Waals surface area contributed by atoms with Crippen LogP contribution < -0.4 is 16.6 Å². The van der Waals surface area contributed by atoms with Crippen molar-refractivity contribution in [3.8, 4) is 0 Å². The quantitative estimate of drug-likeness (QED) is 0.312. The van der Waals surface area contributed by atoms with E-state index in [-0.39, 0.29) is 0 Å². The Balaban J connectivity index is 2.53. The molecule has 0 atom stereocenters. The lowest BCUT2D eigenvalue weighted by Crippen LogP contribution is -2.33. The Kier molecular flexibility index (Phi) is 4.48. The number of nitrogens with one attached hydrogen (secondary N) is 2. The predicted octanol–water partition coefficient (Wildman–Crippen LogP) is 1.50. The Morgan fingerprint density at radius 1 is 1.23 bits per heavy atom. The Labute approximate surface area is 87.2 Å². The van der Waals surface area contributed by atoms with Gasteiger partial charge in [0.15, 0.2) is 0 Å². The predicted molar refractivity (Wildman–Crippen MR) is 55.5 cm³/mol. The third-order valence-corrected chi connectivity index (χ3v) is 2.28. The number of nitrogens with two attached hydrogens (primary N) is 1. The molecule has 1 aromatic rings. The normalized spacial score (nSPS) is 10.4. The van der Waals surface area contributed by atoms with Gasteiger partial charge in [-0.2, -0.15) is 0 Å². The molecule has 1 aromatic carbocycles. The van der Waals surface area contributed by atoms with Crippen molar-refractivity contribution in [2.45, 2.75) is 6.54 Å². The minimum Gasteiger partial charge on any atom is -0.299 e. The monoisotopic (exact) mass is 219 g/mol. The summed E-state index contributed by atoms with van der Waals surface area (Å²) in [5, 5.41) is 4.20. The summed E-state index contributed by atoms with van der Waals surface area (Å²) < 4.78 is 0. The third kappa shape index (κ3) is 3.50. The standard InChI is InChI=1S/C8H11Cl2N3/c9-7-2-1-6(3-8(7)10)4-12-5-13-11/h1-3,12-13H,4-5,11H2. The van der Waals surface area contributed by atoms with Crippen LogP contribution in [0.5, 0.6) is 0 Å². The molecule has 0 amide bonds. The van der Waals surface area contributed by atoms with Crippen molar-refractivity contribution < 1.29 is 0 Å². The van der Waals surface area contributed by atoms with Gasteiger partial charge in [0, 0.05) is 6.54 Å². The van der Waals surface area contributed by atoms with E-state index in [4.69, 9.17) is 29.0 Å². The molecule has 0 spiro atoms. The van der Waals surface area contributed by atoms with E-state index in [1.54, 1.807) is 6.07 Å². The molecule has 0 radical (unpaired) electrons. The molecule has 13 heavy (non-hydrogen) atoms. The van der Waals surface area contributed by atoms with Gasteiger partial charge < -0.3 is 0 Å². The van der Waals surface area contributed by atoms with Gasteiger partial charge in [0.1, 0.15) is 0 Å². The van der Waals surface area contributed by atoms with Crippen LogP contribution in [-0.2, 0) is 6.54 Å². The van der Waals surface area contributed by atoms with E-state index in [1.165, 1.54) is 0 Å². The van der Waals surface area contributed by atoms with Crippen LogP contribution in [0, 0.1) is 0 Å². The SMILES string of the molecule is NNCNCc1ccc(Cl)c(Cl)c1. The molecule has 4 N–H and O–H groups in total. The molecule has 0 aliphatic heterocycles. The first-order valence-corrected chi connectivity index (χ1v) is 4.57. The molecule has 0 saturated carbocycles. The van der Waals surface area contributed by atoms with Crippen LogP contribution in [-0.4, -0.2) is 6.67 Å². The second kappa shape index (κ2) is 5.42. The van der Waals surface area contributed by atoms with Crippen LogP contribution in [0.2, 0.25) is 10.0 Å². The van der Waals surface area contributed by atoms with Crippen molar-refractivity contribution in [3.63, 3.8) is 0 Å². The molecule has 0 fully saturated rings. The summed E-state index contributed by atoms with van der Waals surface area (Å²) in [5.41, 5.74) is 3.57. The summed E-state index contributed by atoms with van der Waals surface area (Å²) in [6.45, 7) is 1.27. The third-order valence-electron chi connectivity index (χ3n) is 1.54. The van der Waals surface area contributed by atoms with Crippen LogP contribution in [0.15, 0.2) is 18.2 Å². The van der Waals surface area contributed by atoms with Crippen molar-refractivity contribution >= 4 is 23.2 Å². The first-order valence-electron chi connectivity index (χ1n) is 3.82. The summed E-state index contributed by atoms with van der Waals surface area (Å²) in [7, 11) is 0. The lowest BCUT2D eigenvalue weighted by molar-refractivity contribution is 0.601. The number of hydrogen-bond acceptors (Lipinski definition) is 3. The van der Waals surface area contributed by atoms with Crippen LogP contribution in [0.25, 0.3) is 0 Å². The Bertz CT molecular complexity index is 278. The van der Waals surface area contributed by atoms with E-state index < -0.39 is 0 Å². The largest absolute Gasteiger partial charge is 0.299 e. The highest BCUT2D eigenvalue weighted by Gasteiger charge is 1.98. The molecule has 0 aliphatic rings. The summed E-state index contributed by atoms with van der Waals surface area (Å²) >= 11 is 11.6. The maximum atomic E-state index is 5.83. The molecule has 3 nitrogen and oxygen atoms in total. The minimum atomic E-state index is 0.556. The molecule has 0 bridgehead atoms. The molecule has 0 aromatic heterocycles. The fraction of sp³-hybridized carbons (Fsp3) is 0.250. The van der Waals surface area contributed by atoms with E-state index in [0.717, 1.165) is 5.56 Å². The smallest absolute Gasteiger partial charge is 0.0595 e. The molecule has 1 rings (SSSR count). The van der Waals surface area contributed by atoms with E-state index in [1.807, 2.05) is 12.1 Å². The Morgan fingerprint density at radius 2 is 2.00 bits per heavy atom. The average molecular weight is 220 g/mol. The summed E-state index contributed by atoms with van der Waals surface area (Å²) in [6, 6.07) is 5.52. The first kappa shape index (κ1) is 10.8. The Morgan fingerprint density at radius 3 is 2.62 bits per heavy atom. The topological polar surface area (TPSA) is 50.1 Å². The number of benzene rings is 1.